The third kappa shape index (κ3) is 1.93. The Balaban J connectivity index is 1.85. The predicted octanol–water partition coefficient (Wildman–Crippen LogP) is -0.524. The van der Waals surface area contributed by atoms with E-state index in [1.807, 2.05) is 6.92 Å². The number of rotatable bonds is 3. The molecule has 1 fully saturated rings. The largest absolute Gasteiger partial charge is 0.351 e. The Labute approximate surface area is 82.1 Å². The molecule has 5 heteroatoms. The number of nitrogens with one attached hydrogen (secondary N) is 2. The molecule has 5 nitrogen and oxygen atoms in total. The summed E-state index contributed by atoms with van der Waals surface area (Å²) in [6.45, 7) is 1.90. The Bertz CT molecular complexity index is 346. The molecule has 1 aromatic heterocycles. The van der Waals surface area contributed by atoms with E-state index < -0.39 is 0 Å². The lowest BCUT2D eigenvalue weighted by Gasteiger charge is -2.02. The average molecular weight is 194 g/mol. The SMILES string of the molecule is Cc1[nH]ncc1CC(=O)NC1CC1N. The number of carbonyl (C=O) groups excluding carboxylic acids is 1. The van der Waals surface area contributed by atoms with Crippen molar-refractivity contribution < 1.29 is 4.79 Å². The van der Waals surface area contributed by atoms with Gasteiger partial charge in [0.15, 0.2) is 0 Å². The highest BCUT2D eigenvalue weighted by atomic mass is 16.1. The standard InChI is InChI=1S/C9H14N4O/c1-5-6(4-11-13-5)2-9(14)12-8-3-7(8)10/h4,7-8H,2-3,10H2,1H3,(H,11,13)(H,12,14). The molecule has 0 radical (unpaired) electrons. The number of hydrogen-bond acceptors (Lipinski definition) is 3. The zero-order chi connectivity index (χ0) is 10.1. The number of amides is 1. The Morgan fingerprint density at radius 1 is 1.86 bits per heavy atom. The molecule has 1 aromatic rings. The van der Waals surface area contributed by atoms with Crippen molar-refractivity contribution in [2.24, 2.45) is 5.73 Å². The molecule has 0 saturated heterocycles. The monoisotopic (exact) mass is 194 g/mol. The minimum Gasteiger partial charge on any atom is -0.351 e. The summed E-state index contributed by atoms with van der Waals surface area (Å²) in [5.41, 5.74) is 7.47. The molecule has 0 aromatic carbocycles. The van der Waals surface area contributed by atoms with Crippen molar-refractivity contribution in [1.82, 2.24) is 15.5 Å². The number of nitrogens with two attached hydrogens (primary N) is 1. The van der Waals surface area contributed by atoms with Crippen molar-refractivity contribution in [2.45, 2.75) is 31.8 Å². The second kappa shape index (κ2) is 3.42. The molecule has 1 amide bonds. The molecule has 1 aliphatic rings. The van der Waals surface area contributed by atoms with Gasteiger partial charge in [0.1, 0.15) is 0 Å². The molecular formula is C9H14N4O. The summed E-state index contributed by atoms with van der Waals surface area (Å²) in [6.07, 6.45) is 2.96. The topological polar surface area (TPSA) is 83.8 Å². The number of aromatic amines is 1. The highest BCUT2D eigenvalue weighted by Gasteiger charge is 2.34. The average Bonchev–Trinajstić information content (AvgIpc) is 2.63. The fraction of sp³-hybridized carbons (Fsp3) is 0.556. The van der Waals surface area contributed by atoms with Crippen molar-refractivity contribution in [3.05, 3.63) is 17.5 Å². The van der Waals surface area contributed by atoms with Crippen LogP contribution in [0.3, 0.4) is 0 Å². The number of hydrogen-bond donors (Lipinski definition) is 3. The van der Waals surface area contributed by atoms with E-state index >= 15 is 0 Å². The molecule has 14 heavy (non-hydrogen) atoms. The van der Waals surface area contributed by atoms with Crippen LogP contribution < -0.4 is 11.1 Å². The Morgan fingerprint density at radius 3 is 3.07 bits per heavy atom. The van der Waals surface area contributed by atoms with Gasteiger partial charge in [-0.1, -0.05) is 0 Å². The lowest BCUT2D eigenvalue weighted by Crippen LogP contribution is -2.30. The van der Waals surface area contributed by atoms with Gasteiger partial charge >= 0.3 is 0 Å². The van der Waals surface area contributed by atoms with E-state index in [0.29, 0.717) is 6.42 Å². The number of carbonyl (C=O) groups is 1. The zero-order valence-electron chi connectivity index (χ0n) is 8.08. The van der Waals surface area contributed by atoms with Gasteiger partial charge in [-0.3, -0.25) is 9.89 Å². The van der Waals surface area contributed by atoms with Crippen LogP contribution in [-0.4, -0.2) is 28.2 Å². The number of aryl methyl sites for hydroxylation is 1. The summed E-state index contributed by atoms with van der Waals surface area (Å²) in [4.78, 5) is 11.5. The lowest BCUT2D eigenvalue weighted by molar-refractivity contribution is -0.120. The van der Waals surface area contributed by atoms with Crippen LogP contribution in [0.5, 0.6) is 0 Å². The summed E-state index contributed by atoms with van der Waals surface area (Å²) < 4.78 is 0. The molecule has 0 spiro atoms. The van der Waals surface area contributed by atoms with Gasteiger partial charge < -0.3 is 11.1 Å². The molecule has 0 aliphatic heterocycles. The number of nitrogens with zero attached hydrogens (tertiary/aromatic N) is 1. The highest BCUT2D eigenvalue weighted by molar-refractivity contribution is 5.79. The van der Waals surface area contributed by atoms with Crippen LogP contribution >= 0.6 is 0 Å². The van der Waals surface area contributed by atoms with Crippen LogP contribution in [-0.2, 0) is 11.2 Å². The first-order valence-corrected chi connectivity index (χ1v) is 4.70. The van der Waals surface area contributed by atoms with Crippen LogP contribution in [0.4, 0.5) is 0 Å². The molecule has 1 heterocycles. The third-order valence-electron chi connectivity index (χ3n) is 2.47. The maximum absolute atomic E-state index is 11.5. The third-order valence-corrected chi connectivity index (χ3v) is 2.47. The first-order chi connectivity index (χ1) is 6.66. The van der Waals surface area contributed by atoms with Gasteiger partial charge in [0.05, 0.1) is 12.6 Å². The van der Waals surface area contributed by atoms with Gasteiger partial charge in [-0.05, 0) is 13.3 Å². The van der Waals surface area contributed by atoms with Crippen LogP contribution in [0.25, 0.3) is 0 Å². The van der Waals surface area contributed by atoms with Crippen LogP contribution in [0.2, 0.25) is 0 Å². The van der Waals surface area contributed by atoms with E-state index in [2.05, 4.69) is 15.5 Å². The first-order valence-electron chi connectivity index (χ1n) is 4.70. The highest BCUT2D eigenvalue weighted by Crippen LogP contribution is 2.17. The fourth-order valence-electron chi connectivity index (χ4n) is 1.37. The molecule has 0 bridgehead atoms. The minimum absolute atomic E-state index is 0.0208. The molecule has 2 atom stereocenters. The number of H-pyrrole nitrogens is 1. The normalized spacial score (nSPS) is 24.7. The van der Waals surface area contributed by atoms with E-state index in [0.717, 1.165) is 17.7 Å². The Hall–Kier alpha value is -1.36. The number of aromatic nitrogens is 2. The molecule has 76 valence electrons. The second-order valence-corrected chi connectivity index (χ2v) is 3.77. The van der Waals surface area contributed by atoms with Gasteiger partial charge in [-0.25, -0.2) is 0 Å². The van der Waals surface area contributed by atoms with Crippen molar-refractivity contribution >= 4 is 5.91 Å². The molecule has 1 aliphatic carbocycles. The Kier molecular flexibility index (Phi) is 2.25. The van der Waals surface area contributed by atoms with Crippen LogP contribution in [0.1, 0.15) is 17.7 Å². The molecule has 1 saturated carbocycles. The molecule has 2 rings (SSSR count). The van der Waals surface area contributed by atoms with Crippen molar-refractivity contribution in [3.8, 4) is 0 Å². The van der Waals surface area contributed by atoms with E-state index in [-0.39, 0.29) is 18.0 Å². The second-order valence-electron chi connectivity index (χ2n) is 3.77. The smallest absolute Gasteiger partial charge is 0.224 e. The summed E-state index contributed by atoms with van der Waals surface area (Å²) in [7, 11) is 0. The lowest BCUT2D eigenvalue weighted by atomic mass is 10.2. The van der Waals surface area contributed by atoms with Gasteiger partial charge in [-0.2, -0.15) is 5.10 Å². The maximum Gasteiger partial charge on any atom is 0.224 e. The van der Waals surface area contributed by atoms with Crippen molar-refractivity contribution in [3.63, 3.8) is 0 Å². The van der Waals surface area contributed by atoms with Crippen LogP contribution in [0, 0.1) is 6.92 Å². The van der Waals surface area contributed by atoms with E-state index in [4.69, 9.17) is 5.73 Å². The van der Waals surface area contributed by atoms with Gasteiger partial charge in [0.2, 0.25) is 5.91 Å². The van der Waals surface area contributed by atoms with E-state index in [1.54, 1.807) is 6.20 Å². The van der Waals surface area contributed by atoms with E-state index in [9.17, 15) is 4.79 Å². The summed E-state index contributed by atoms with van der Waals surface area (Å²) in [5, 5.41) is 9.52. The quantitative estimate of drug-likeness (QED) is 0.605. The zero-order valence-corrected chi connectivity index (χ0v) is 8.08. The van der Waals surface area contributed by atoms with Gasteiger partial charge in [0, 0.05) is 23.3 Å². The summed E-state index contributed by atoms with van der Waals surface area (Å²) in [6, 6.07) is 0.346. The van der Waals surface area contributed by atoms with E-state index in [1.165, 1.54) is 0 Å². The first kappa shape index (κ1) is 9.21. The minimum atomic E-state index is 0.0208. The van der Waals surface area contributed by atoms with Crippen molar-refractivity contribution in [1.29, 1.82) is 0 Å². The summed E-state index contributed by atoms with van der Waals surface area (Å²) >= 11 is 0. The Morgan fingerprint density at radius 2 is 2.57 bits per heavy atom. The van der Waals surface area contributed by atoms with Crippen LogP contribution in [0.15, 0.2) is 6.20 Å². The summed E-state index contributed by atoms with van der Waals surface area (Å²) in [5.74, 6) is 0.0208. The maximum atomic E-state index is 11.5. The molecular weight excluding hydrogens is 180 g/mol. The van der Waals surface area contributed by atoms with Crippen molar-refractivity contribution in [2.75, 3.05) is 0 Å². The fourth-order valence-corrected chi connectivity index (χ4v) is 1.37. The predicted molar refractivity (Wildman–Crippen MR) is 51.6 cm³/mol. The van der Waals surface area contributed by atoms with Gasteiger partial charge in [0.25, 0.3) is 0 Å². The molecule has 2 unspecified atom stereocenters. The molecule has 4 N–H and O–H groups in total. The van der Waals surface area contributed by atoms with Gasteiger partial charge in [-0.15, -0.1) is 0 Å².